The molecule has 1 atom stereocenters. The number of aromatic hydroxyl groups is 1. The van der Waals surface area contributed by atoms with Gasteiger partial charge in [0, 0.05) is 11.8 Å². The molecule has 8 nitrogen and oxygen atoms in total. The van der Waals surface area contributed by atoms with E-state index in [2.05, 4.69) is 20.4 Å². The van der Waals surface area contributed by atoms with Crippen molar-refractivity contribution in [1.29, 1.82) is 5.26 Å². The first-order valence-electron chi connectivity index (χ1n) is 8.60. The summed E-state index contributed by atoms with van der Waals surface area (Å²) < 4.78 is 40.2. The first-order chi connectivity index (χ1) is 14.1. The normalized spacial score (nSPS) is 12.3. The number of rotatable bonds is 4. The van der Waals surface area contributed by atoms with Gasteiger partial charge in [0.25, 0.3) is 5.91 Å². The number of benzene rings is 1. The zero-order valence-corrected chi connectivity index (χ0v) is 15.8. The van der Waals surface area contributed by atoms with Crippen LogP contribution in [0.2, 0.25) is 0 Å². The van der Waals surface area contributed by atoms with Gasteiger partial charge in [0.2, 0.25) is 0 Å². The maximum atomic E-state index is 12.9. The molecule has 2 heterocycles. The van der Waals surface area contributed by atoms with Gasteiger partial charge in [-0.25, -0.2) is 9.97 Å². The Bertz CT molecular complexity index is 1130. The molecule has 3 rings (SSSR count). The molecule has 1 amide bonds. The Morgan fingerprint density at radius 1 is 1.30 bits per heavy atom. The summed E-state index contributed by atoms with van der Waals surface area (Å²) in [6.45, 7) is 3.21. The van der Waals surface area contributed by atoms with Gasteiger partial charge in [-0.1, -0.05) is 0 Å². The van der Waals surface area contributed by atoms with Crippen molar-refractivity contribution in [2.75, 3.05) is 0 Å². The summed E-state index contributed by atoms with van der Waals surface area (Å²) >= 11 is 0. The predicted molar refractivity (Wildman–Crippen MR) is 97.6 cm³/mol. The number of nitriles is 1. The fourth-order valence-electron chi connectivity index (χ4n) is 2.71. The summed E-state index contributed by atoms with van der Waals surface area (Å²) in [5.41, 5.74) is -1.14. The Hall–Kier alpha value is -3.94. The third kappa shape index (κ3) is 4.38. The van der Waals surface area contributed by atoms with Crippen LogP contribution >= 0.6 is 0 Å². The summed E-state index contributed by atoms with van der Waals surface area (Å²) in [6, 6.07) is 6.41. The monoisotopic (exact) mass is 416 g/mol. The van der Waals surface area contributed by atoms with Gasteiger partial charge in [-0.3, -0.25) is 4.79 Å². The smallest absolute Gasteiger partial charge is 0.416 e. The molecule has 1 aromatic carbocycles. The maximum Gasteiger partial charge on any atom is 0.416 e. The van der Waals surface area contributed by atoms with E-state index in [-0.39, 0.29) is 11.4 Å². The molecule has 0 fully saturated rings. The average molecular weight is 416 g/mol. The largest absolute Gasteiger partial charge is 0.508 e. The van der Waals surface area contributed by atoms with Crippen LogP contribution in [-0.2, 0) is 6.18 Å². The number of pyridine rings is 1. The molecule has 0 unspecified atom stereocenters. The van der Waals surface area contributed by atoms with Crippen LogP contribution in [0.25, 0.3) is 5.82 Å². The first kappa shape index (κ1) is 20.8. The number of aromatic nitrogens is 4. The third-order valence-electron chi connectivity index (χ3n) is 4.07. The van der Waals surface area contributed by atoms with Crippen LogP contribution in [0.5, 0.6) is 5.75 Å². The number of phenolic OH excluding ortho intramolecular Hbond substituents is 1. The fourth-order valence-corrected chi connectivity index (χ4v) is 2.71. The van der Waals surface area contributed by atoms with Crippen LogP contribution in [0.4, 0.5) is 13.2 Å². The van der Waals surface area contributed by atoms with Crippen LogP contribution in [-0.4, -0.2) is 30.8 Å². The second-order valence-electron chi connectivity index (χ2n) is 6.41. The van der Waals surface area contributed by atoms with Gasteiger partial charge < -0.3 is 10.4 Å². The van der Waals surface area contributed by atoms with E-state index in [0.717, 1.165) is 6.07 Å². The summed E-state index contributed by atoms with van der Waals surface area (Å²) in [5, 5.41) is 25.2. The van der Waals surface area contributed by atoms with Crippen molar-refractivity contribution in [3.63, 3.8) is 0 Å². The molecule has 2 aromatic heterocycles. The SMILES string of the molecule is Cc1nc([C@H](C)NC(=O)c2cc(O)cc(C(F)(F)F)c2)n(-c2ccc(C#N)cn2)n1. The molecule has 0 saturated carbocycles. The molecule has 0 bridgehead atoms. The zero-order chi connectivity index (χ0) is 22.1. The van der Waals surface area contributed by atoms with E-state index in [1.807, 2.05) is 6.07 Å². The lowest BCUT2D eigenvalue weighted by atomic mass is 10.1. The third-order valence-corrected chi connectivity index (χ3v) is 4.07. The molecule has 3 aromatic rings. The van der Waals surface area contributed by atoms with E-state index in [4.69, 9.17) is 5.26 Å². The number of nitrogens with one attached hydrogen (secondary N) is 1. The number of hydrogen-bond donors (Lipinski definition) is 2. The van der Waals surface area contributed by atoms with Gasteiger partial charge in [-0.2, -0.15) is 23.1 Å². The van der Waals surface area contributed by atoms with Crippen molar-refractivity contribution in [2.24, 2.45) is 0 Å². The van der Waals surface area contributed by atoms with Gasteiger partial charge in [-0.15, -0.1) is 5.10 Å². The van der Waals surface area contributed by atoms with Gasteiger partial charge in [0.05, 0.1) is 17.2 Å². The average Bonchev–Trinajstić information content (AvgIpc) is 3.08. The molecular weight excluding hydrogens is 401 g/mol. The van der Waals surface area contributed by atoms with Gasteiger partial charge in [0.15, 0.2) is 11.6 Å². The lowest BCUT2D eigenvalue weighted by molar-refractivity contribution is -0.137. The molecule has 2 N–H and O–H groups in total. The summed E-state index contributed by atoms with van der Waals surface area (Å²) in [5.74, 6) is -0.488. The minimum absolute atomic E-state index is 0.286. The Labute approximate surface area is 168 Å². The molecule has 0 saturated heterocycles. The fraction of sp³-hybridized carbons (Fsp3) is 0.211. The topological polar surface area (TPSA) is 117 Å². The minimum atomic E-state index is -4.71. The highest BCUT2D eigenvalue weighted by molar-refractivity contribution is 5.95. The molecule has 0 spiro atoms. The van der Waals surface area contributed by atoms with Crippen molar-refractivity contribution in [3.8, 4) is 17.6 Å². The van der Waals surface area contributed by atoms with E-state index < -0.39 is 29.4 Å². The quantitative estimate of drug-likeness (QED) is 0.675. The van der Waals surface area contributed by atoms with Crippen molar-refractivity contribution >= 4 is 5.91 Å². The van der Waals surface area contributed by atoms with Gasteiger partial charge >= 0.3 is 6.18 Å². The lowest BCUT2D eigenvalue weighted by Gasteiger charge is -2.15. The molecule has 154 valence electrons. The van der Waals surface area contributed by atoms with Crippen LogP contribution in [0, 0.1) is 18.3 Å². The highest BCUT2D eigenvalue weighted by atomic mass is 19.4. The predicted octanol–water partition coefficient (Wildman–Crippen LogP) is 3.06. The number of carbonyl (C=O) groups is 1. The van der Waals surface area contributed by atoms with E-state index >= 15 is 0 Å². The highest BCUT2D eigenvalue weighted by Gasteiger charge is 2.32. The Morgan fingerprint density at radius 3 is 2.63 bits per heavy atom. The first-order valence-corrected chi connectivity index (χ1v) is 8.60. The highest BCUT2D eigenvalue weighted by Crippen LogP contribution is 2.32. The molecule has 11 heteroatoms. The number of phenols is 1. The van der Waals surface area contributed by atoms with Crippen molar-refractivity contribution < 1.29 is 23.1 Å². The summed E-state index contributed by atoms with van der Waals surface area (Å²) in [6.07, 6.45) is -3.36. The number of carbonyl (C=O) groups excluding carboxylic acids is 1. The Morgan fingerprint density at radius 2 is 2.03 bits per heavy atom. The van der Waals surface area contributed by atoms with E-state index in [1.54, 1.807) is 19.9 Å². The standard InChI is InChI=1S/C19H15F3N6O2/c1-10(25-18(30)13-5-14(19(20,21)22)7-15(29)6-13)17-26-11(2)27-28(17)16-4-3-12(8-23)9-24-16/h3-7,9-10,29H,1-2H3,(H,25,30)/t10-/m0/s1. The molecule has 0 aliphatic heterocycles. The lowest BCUT2D eigenvalue weighted by Crippen LogP contribution is -2.29. The van der Waals surface area contributed by atoms with Crippen LogP contribution in [0.3, 0.4) is 0 Å². The molecular formula is C19H15F3N6O2. The Balaban J connectivity index is 1.88. The van der Waals surface area contributed by atoms with Crippen LogP contribution in [0.1, 0.15) is 46.1 Å². The number of aryl methyl sites for hydroxylation is 1. The number of hydrogen-bond acceptors (Lipinski definition) is 6. The van der Waals surface area contributed by atoms with Gasteiger partial charge in [-0.05, 0) is 44.2 Å². The molecule has 30 heavy (non-hydrogen) atoms. The van der Waals surface area contributed by atoms with Crippen LogP contribution in [0.15, 0.2) is 36.5 Å². The second-order valence-corrected chi connectivity index (χ2v) is 6.41. The number of alkyl halides is 3. The Kier molecular flexibility index (Phi) is 5.42. The van der Waals surface area contributed by atoms with E-state index in [1.165, 1.54) is 16.9 Å². The summed E-state index contributed by atoms with van der Waals surface area (Å²) in [4.78, 5) is 20.9. The molecule has 0 aliphatic rings. The molecule has 0 radical (unpaired) electrons. The van der Waals surface area contributed by atoms with Gasteiger partial charge in [0.1, 0.15) is 17.6 Å². The van der Waals surface area contributed by atoms with Crippen molar-refractivity contribution in [2.45, 2.75) is 26.1 Å². The minimum Gasteiger partial charge on any atom is -0.508 e. The van der Waals surface area contributed by atoms with Crippen molar-refractivity contribution in [3.05, 3.63) is 64.9 Å². The van der Waals surface area contributed by atoms with Crippen LogP contribution < -0.4 is 5.32 Å². The number of nitrogens with zero attached hydrogens (tertiary/aromatic N) is 5. The summed E-state index contributed by atoms with van der Waals surface area (Å²) in [7, 11) is 0. The number of amides is 1. The maximum absolute atomic E-state index is 12.9. The molecule has 0 aliphatic carbocycles. The zero-order valence-electron chi connectivity index (χ0n) is 15.8. The van der Waals surface area contributed by atoms with E-state index in [9.17, 15) is 23.1 Å². The number of halogens is 3. The second kappa shape index (κ2) is 7.82. The van der Waals surface area contributed by atoms with E-state index in [0.29, 0.717) is 29.3 Å². The van der Waals surface area contributed by atoms with Crippen molar-refractivity contribution in [1.82, 2.24) is 25.1 Å².